The van der Waals surface area contributed by atoms with Crippen LogP contribution in [0.25, 0.3) is 0 Å². The van der Waals surface area contributed by atoms with Crippen molar-refractivity contribution in [2.75, 3.05) is 19.9 Å². The van der Waals surface area contributed by atoms with Crippen LogP contribution in [0.2, 0.25) is 0 Å². The van der Waals surface area contributed by atoms with Crippen LogP contribution in [0.4, 0.5) is 5.95 Å². The molecule has 0 fully saturated rings. The van der Waals surface area contributed by atoms with E-state index in [-0.39, 0.29) is 31.9 Å². The minimum atomic E-state index is -0.253. The fraction of sp³-hybridized carbons (Fsp3) is 0.333. The van der Waals surface area contributed by atoms with Crippen LogP contribution in [-0.2, 0) is 0 Å². The molecule has 0 atom stereocenters. The summed E-state index contributed by atoms with van der Waals surface area (Å²) in [6.07, 6.45) is 0. The minimum Gasteiger partial charge on any atom is -0.481 e. The van der Waals surface area contributed by atoms with Crippen molar-refractivity contribution < 1.29 is 12.2 Å². The molecule has 0 radical (unpaired) electrons. The number of hydrogen-bond donors (Lipinski definition) is 1. The maximum Gasteiger partial charge on any atom is 0.226 e. The Balaban J connectivity index is 2.83. The summed E-state index contributed by atoms with van der Waals surface area (Å²) < 4.78 is 23.1. The summed E-state index contributed by atoms with van der Waals surface area (Å²) in [6.45, 7) is 0. The van der Waals surface area contributed by atoms with Gasteiger partial charge in [-0.15, -0.1) is 0 Å². The molecular weight excluding hydrogens is 146 g/mol. The van der Waals surface area contributed by atoms with Crippen LogP contribution in [0.1, 0.15) is 2.74 Å². The normalized spacial score (nSPS) is 11.6. The molecule has 1 rings (SSSR count). The highest BCUT2D eigenvalue weighted by molar-refractivity contribution is 5.29. The third kappa shape index (κ3) is 1.70. The first-order chi connectivity index (χ1) is 6.26. The number of aromatic nitrogens is 2. The Morgan fingerprint density at radius 1 is 1.36 bits per heavy atom. The van der Waals surface area contributed by atoms with Gasteiger partial charge in [-0.05, 0) is 0 Å². The van der Waals surface area contributed by atoms with Crippen molar-refractivity contribution in [3.63, 3.8) is 0 Å². The first kappa shape index (κ1) is 5.17. The number of anilines is 1. The van der Waals surface area contributed by atoms with Gasteiger partial charge in [-0.3, -0.25) is 0 Å². The molecule has 5 nitrogen and oxygen atoms in total. The highest BCUT2D eigenvalue weighted by Crippen LogP contribution is 2.14. The van der Waals surface area contributed by atoms with Gasteiger partial charge in [-0.2, -0.15) is 9.97 Å². The molecule has 5 heteroatoms. The zero-order chi connectivity index (χ0) is 9.68. The molecule has 1 aromatic heterocycles. The Morgan fingerprint density at radius 2 is 1.91 bits per heavy atom. The second-order valence-corrected chi connectivity index (χ2v) is 1.69. The molecular formula is C6H9N3O2. The quantitative estimate of drug-likeness (QED) is 0.658. The smallest absolute Gasteiger partial charge is 0.226 e. The summed E-state index contributed by atoms with van der Waals surface area (Å²) in [5.41, 5.74) is 5.32. The van der Waals surface area contributed by atoms with E-state index in [4.69, 9.17) is 17.9 Å². The van der Waals surface area contributed by atoms with Gasteiger partial charge in [0.2, 0.25) is 17.7 Å². The van der Waals surface area contributed by atoms with Crippen LogP contribution in [-0.4, -0.2) is 24.1 Å². The van der Waals surface area contributed by atoms with Gasteiger partial charge in [-0.25, -0.2) is 0 Å². The van der Waals surface area contributed by atoms with Gasteiger partial charge < -0.3 is 15.2 Å². The molecule has 60 valence electrons. The van der Waals surface area contributed by atoms with Gasteiger partial charge in [0.25, 0.3) is 0 Å². The molecule has 1 heterocycles. The van der Waals surface area contributed by atoms with Gasteiger partial charge in [0.05, 0.1) is 23.0 Å². The molecule has 11 heavy (non-hydrogen) atoms. The number of ether oxygens (including phenoxy) is 2. The second-order valence-electron chi connectivity index (χ2n) is 1.69. The largest absolute Gasteiger partial charge is 0.481 e. The standard InChI is InChI=1S/C6H9N3O2/c1-10-4-3-5(11-2)9-6(7)8-4/h3H,1-2H3,(H2,7,8,9)/i1D,2D. The fourth-order valence-corrected chi connectivity index (χ4v) is 0.569. The second kappa shape index (κ2) is 3.05. The van der Waals surface area contributed by atoms with Crippen LogP contribution < -0.4 is 15.2 Å². The zero-order valence-corrected chi connectivity index (χ0v) is 5.78. The van der Waals surface area contributed by atoms with E-state index in [1.165, 1.54) is 6.07 Å². The van der Waals surface area contributed by atoms with Gasteiger partial charge in [-0.1, -0.05) is 0 Å². The van der Waals surface area contributed by atoms with E-state index < -0.39 is 0 Å². The molecule has 0 saturated heterocycles. The van der Waals surface area contributed by atoms with Crippen molar-refractivity contribution in [3.8, 4) is 11.8 Å². The first-order valence-corrected chi connectivity index (χ1v) is 2.75. The number of nitrogens with two attached hydrogens (primary N) is 1. The van der Waals surface area contributed by atoms with E-state index in [9.17, 15) is 0 Å². The van der Waals surface area contributed by atoms with Crippen LogP contribution >= 0.6 is 0 Å². The highest BCUT2D eigenvalue weighted by atomic mass is 16.5. The highest BCUT2D eigenvalue weighted by Gasteiger charge is 2.00. The number of hydrogen-bond acceptors (Lipinski definition) is 5. The average molecular weight is 157 g/mol. The molecule has 2 N–H and O–H groups in total. The van der Waals surface area contributed by atoms with Crippen molar-refractivity contribution in [3.05, 3.63) is 6.07 Å². The Bertz CT molecular complexity index is 260. The third-order valence-corrected chi connectivity index (χ3v) is 0.992. The van der Waals surface area contributed by atoms with Crippen LogP contribution in [0, 0.1) is 0 Å². The molecule has 0 aliphatic rings. The first-order valence-electron chi connectivity index (χ1n) is 4.16. The molecule has 0 bridgehead atoms. The molecule has 0 unspecified atom stereocenters. The molecule has 0 saturated carbocycles. The fourth-order valence-electron chi connectivity index (χ4n) is 0.569. The molecule has 1 aromatic rings. The van der Waals surface area contributed by atoms with Crippen molar-refractivity contribution in [2.45, 2.75) is 0 Å². The summed E-state index contributed by atoms with van der Waals surface area (Å²) in [6, 6.07) is 1.37. The number of methoxy groups -OCH3 is 2. The summed E-state index contributed by atoms with van der Waals surface area (Å²) in [4.78, 5) is 7.38. The van der Waals surface area contributed by atoms with E-state index in [0.717, 1.165) is 0 Å². The third-order valence-electron chi connectivity index (χ3n) is 0.992. The van der Waals surface area contributed by atoms with E-state index in [1.807, 2.05) is 0 Å². The topological polar surface area (TPSA) is 70.3 Å². The number of rotatable bonds is 2. The Morgan fingerprint density at radius 3 is 2.36 bits per heavy atom. The summed E-state index contributed by atoms with van der Waals surface area (Å²) >= 11 is 0. The van der Waals surface area contributed by atoms with Gasteiger partial charge in [0.15, 0.2) is 0 Å². The van der Waals surface area contributed by atoms with Gasteiger partial charge in [0.1, 0.15) is 0 Å². The number of nitrogen functional groups attached to an aromatic ring is 1. The zero-order valence-electron chi connectivity index (χ0n) is 7.78. The van der Waals surface area contributed by atoms with Gasteiger partial charge in [0, 0.05) is 0 Å². The predicted octanol–water partition coefficient (Wildman–Crippen LogP) is 0.0760. The molecule has 0 aliphatic carbocycles. The molecule has 0 spiro atoms. The Hall–Kier alpha value is -1.52. The molecule has 0 aliphatic heterocycles. The van der Waals surface area contributed by atoms with E-state index in [2.05, 4.69) is 9.97 Å². The lowest BCUT2D eigenvalue weighted by Crippen LogP contribution is -1.99. The lowest BCUT2D eigenvalue weighted by molar-refractivity contribution is 0.373. The molecule has 0 aromatic carbocycles. The van der Waals surface area contributed by atoms with E-state index in [0.29, 0.717) is 0 Å². The van der Waals surface area contributed by atoms with Crippen molar-refractivity contribution >= 4 is 5.95 Å². The van der Waals surface area contributed by atoms with Crippen molar-refractivity contribution in [1.82, 2.24) is 9.97 Å². The summed E-state index contributed by atoms with van der Waals surface area (Å²) in [5.74, 6) is 0.339. The predicted molar refractivity (Wildman–Crippen MR) is 39.5 cm³/mol. The Labute approximate surface area is 67.0 Å². The maximum absolute atomic E-state index is 6.78. The monoisotopic (exact) mass is 157 g/mol. The number of nitrogens with zero attached hydrogens (tertiary/aromatic N) is 2. The average Bonchev–Trinajstić information content (AvgIpc) is 2.04. The van der Waals surface area contributed by atoms with Crippen molar-refractivity contribution in [1.29, 1.82) is 0 Å². The van der Waals surface area contributed by atoms with E-state index >= 15 is 0 Å². The Kier molecular flexibility index (Phi) is 1.43. The summed E-state index contributed by atoms with van der Waals surface area (Å²) in [7, 11) is -0.506. The van der Waals surface area contributed by atoms with Crippen molar-refractivity contribution in [2.24, 2.45) is 0 Å². The summed E-state index contributed by atoms with van der Waals surface area (Å²) in [5, 5.41) is 0. The maximum atomic E-state index is 6.78. The minimum absolute atomic E-state index is 0.00519. The lowest BCUT2D eigenvalue weighted by Gasteiger charge is -2.01. The van der Waals surface area contributed by atoms with Crippen LogP contribution in [0.15, 0.2) is 6.07 Å². The van der Waals surface area contributed by atoms with E-state index in [1.54, 1.807) is 0 Å². The SMILES string of the molecule is [2H]COc1cc(OC[2H])nc(N)n1. The van der Waals surface area contributed by atoms with Gasteiger partial charge >= 0.3 is 0 Å². The van der Waals surface area contributed by atoms with Crippen LogP contribution in [0.3, 0.4) is 0 Å². The van der Waals surface area contributed by atoms with Crippen LogP contribution in [0.5, 0.6) is 11.8 Å². The lowest BCUT2D eigenvalue weighted by atomic mass is 10.6. The molecule has 0 amide bonds.